The Morgan fingerprint density at radius 1 is 1.28 bits per heavy atom. The first-order valence-electron chi connectivity index (χ1n) is 8.33. The number of amides is 1. The summed E-state index contributed by atoms with van der Waals surface area (Å²) in [4.78, 5) is 18.8. The zero-order chi connectivity index (χ0) is 17.6. The lowest BCUT2D eigenvalue weighted by atomic mass is 10.1. The van der Waals surface area contributed by atoms with Gasteiger partial charge in [0.05, 0.1) is 20.3 Å². The number of ether oxygens (including phenoxy) is 2. The van der Waals surface area contributed by atoms with E-state index in [2.05, 4.69) is 4.98 Å². The number of hydrogen-bond acceptors (Lipinski definition) is 4. The van der Waals surface area contributed by atoms with E-state index in [0.29, 0.717) is 5.75 Å². The second-order valence-electron chi connectivity index (χ2n) is 5.92. The Labute approximate surface area is 147 Å². The molecule has 1 atom stereocenters. The average molecular weight is 338 g/mol. The van der Waals surface area contributed by atoms with Crippen molar-refractivity contribution in [3.05, 3.63) is 59.9 Å². The van der Waals surface area contributed by atoms with Gasteiger partial charge in [0.2, 0.25) is 5.91 Å². The Hall–Kier alpha value is -2.82. The lowest BCUT2D eigenvalue weighted by Gasteiger charge is -2.23. The smallest absolute Gasteiger partial charge is 0.247 e. The summed E-state index contributed by atoms with van der Waals surface area (Å²) in [5, 5.41) is 0. The van der Waals surface area contributed by atoms with Crippen LogP contribution in [0.1, 0.15) is 30.0 Å². The summed E-state index contributed by atoms with van der Waals surface area (Å²) in [6.07, 6.45) is 8.94. The molecule has 1 amide bonds. The van der Waals surface area contributed by atoms with Crippen LogP contribution in [0.3, 0.4) is 0 Å². The fourth-order valence-corrected chi connectivity index (χ4v) is 3.18. The van der Waals surface area contributed by atoms with Gasteiger partial charge < -0.3 is 14.4 Å². The fourth-order valence-electron chi connectivity index (χ4n) is 3.18. The molecule has 130 valence electrons. The van der Waals surface area contributed by atoms with E-state index in [4.69, 9.17) is 9.47 Å². The van der Waals surface area contributed by atoms with Crippen molar-refractivity contribution in [1.29, 1.82) is 0 Å². The van der Waals surface area contributed by atoms with Gasteiger partial charge in [-0.05, 0) is 48.7 Å². The van der Waals surface area contributed by atoms with Crippen LogP contribution in [0.4, 0.5) is 0 Å². The Balaban J connectivity index is 1.78. The molecule has 2 heterocycles. The zero-order valence-electron chi connectivity index (χ0n) is 14.5. The van der Waals surface area contributed by atoms with Crippen LogP contribution in [0, 0.1) is 0 Å². The minimum atomic E-state index is -0.00349. The quantitative estimate of drug-likeness (QED) is 0.783. The van der Waals surface area contributed by atoms with Crippen molar-refractivity contribution in [3.63, 3.8) is 0 Å². The highest BCUT2D eigenvalue weighted by Crippen LogP contribution is 2.32. The van der Waals surface area contributed by atoms with Crippen LogP contribution >= 0.6 is 0 Å². The largest absolute Gasteiger partial charge is 0.497 e. The summed E-state index contributed by atoms with van der Waals surface area (Å²) < 4.78 is 10.6. The van der Waals surface area contributed by atoms with Gasteiger partial charge in [-0.2, -0.15) is 0 Å². The summed E-state index contributed by atoms with van der Waals surface area (Å²) in [6, 6.07) is 9.54. The standard InChI is InChI=1S/C20H22N2O3/c1-24-17-8-9-19(25-2)15(13-17)7-10-20(23)22-12-4-6-18(22)16-5-3-11-21-14-16/h3,5,7-11,13-14,18H,4,6,12H2,1-2H3. The Bertz CT molecular complexity index is 759. The molecule has 3 rings (SSSR count). The van der Waals surface area contributed by atoms with Crippen molar-refractivity contribution < 1.29 is 14.3 Å². The molecule has 1 unspecified atom stereocenters. The first-order valence-corrected chi connectivity index (χ1v) is 8.33. The maximum atomic E-state index is 12.7. The van der Waals surface area contributed by atoms with Gasteiger partial charge in [0.25, 0.3) is 0 Å². The Morgan fingerprint density at radius 2 is 2.16 bits per heavy atom. The normalized spacial score (nSPS) is 17.0. The molecule has 5 heteroatoms. The van der Waals surface area contributed by atoms with Crippen LogP contribution in [0.15, 0.2) is 48.8 Å². The second kappa shape index (κ2) is 7.83. The number of benzene rings is 1. The molecule has 1 aliphatic rings. The molecule has 25 heavy (non-hydrogen) atoms. The Morgan fingerprint density at radius 3 is 2.88 bits per heavy atom. The molecule has 1 aromatic heterocycles. The molecular weight excluding hydrogens is 316 g/mol. The topological polar surface area (TPSA) is 51.7 Å². The van der Waals surface area contributed by atoms with Crippen molar-refractivity contribution in [2.24, 2.45) is 0 Å². The number of carbonyl (C=O) groups excluding carboxylic acids is 1. The van der Waals surface area contributed by atoms with Crippen molar-refractivity contribution in [2.75, 3.05) is 20.8 Å². The summed E-state index contributed by atoms with van der Waals surface area (Å²) in [6.45, 7) is 0.762. The number of methoxy groups -OCH3 is 2. The average Bonchev–Trinajstić information content (AvgIpc) is 3.16. The molecule has 5 nitrogen and oxygen atoms in total. The molecule has 2 aromatic rings. The molecule has 1 aliphatic heterocycles. The summed E-state index contributed by atoms with van der Waals surface area (Å²) in [5.74, 6) is 1.42. The number of carbonyl (C=O) groups is 1. The third-order valence-corrected chi connectivity index (χ3v) is 4.45. The summed E-state index contributed by atoms with van der Waals surface area (Å²) in [5.41, 5.74) is 1.90. The van der Waals surface area contributed by atoms with E-state index in [9.17, 15) is 4.79 Å². The number of rotatable bonds is 5. The molecule has 1 aromatic carbocycles. The first kappa shape index (κ1) is 17.0. The van der Waals surface area contributed by atoms with Crippen LogP contribution in [0.5, 0.6) is 11.5 Å². The van der Waals surface area contributed by atoms with Crippen LogP contribution in [0.25, 0.3) is 6.08 Å². The van der Waals surface area contributed by atoms with Gasteiger partial charge >= 0.3 is 0 Å². The van der Waals surface area contributed by atoms with Crippen molar-refractivity contribution in [1.82, 2.24) is 9.88 Å². The monoisotopic (exact) mass is 338 g/mol. The summed E-state index contributed by atoms with van der Waals surface area (Å²) >= 11 is 0. The minimum absolute atomic E-state index is 0.00349. The van der Waals surface area contributed by atoms with Crippen LogP contribution < -0.4 is 9.47 Å². The number of likely N-dealkylation sites (tertiary alicyclic amines) is 1. The van der Waals surface area contributed by atoms with E-state index in [1.807, 2.05) is 41.4 Å². The zero-order valence-corrected chi connectivity index (χ0v) is 14.5. The number of pyridine rings is 1. The van der Waals surface area contributed by atoms with Gasteiger partial charge in [0, 0.05) is 30.6 Å². The SMILES string of the molecule is COc1ccc(OC)c(C=CC(=O)N2CCCC2c2cccnc2)c1. The minimum Gasteiger partial charge on any atom is -0.497 e. The second-order valence-corrected chi connectivity index (χ2v) is 5.92. The van der Waals surface area contributed by atoms with Crippen molar-refractivity contribution in [3.8, 4) is 11.5 Å². The molecule has 0 saturated carbocycles. The predicted molar refractivity (Wildman–Crippen MR) is 96.5 cm³/mol. The third kappa shape index (κ3) is 3.82. The van der Waals surface area contributed by atoms with E-state index in [-0.39, 0.29) is 11.9 Å². The van der Waals surface area contributed by atoms with E-state index >= 15 is 0 Å². The molecule has 0 spiro atoms. The highest BCUT2D eigenvalue weighted by molar-refractivity contribution is 5.92. The number of nitrogens with zero attached hydrogens (tertiary/aromatic N) is 2. The van der Waals surface area contributed by atoms with Crippen LogP contribution in [-0.2, 0) is 4.79 Å². The van der Waals surface area contributed by atoms with Crippen LogP contribution in [0.2, 0.25) is 0 Å². The molecular formula is C20H22N2O3. The maximum Gasteiger partial charge on any atom is 0.247 e. The molecule has 0 bridgehead atoms. The highest BCUT2D eigenvalue weighted by Gasteiger charge is 2.28. The van der Waals surface area contributed by atoms with E-state index in [1.165, 1.54) is 0 Å². The fraction of sp³-hybridized carbons (Fsp3) is 0.300. The maximum absolute atomic E-state index is 12.7. The van der Waals surface area contributed by atoms with Gasteiger partial charge in [-0.1, -0.05) is 6.07 Å². The van der Waals surface area contributed by atoms with E-state index < -0.39 is 0 Å². The molecule has 0 N–H and O–H groups in total. The van der Waals surface area contributed by atoms with Crippen LogP contribution in [-0.4, -0.2) is 36.6 Å². The third-order valence-electron chi connectivity index (χ3n) is 4.45. The van der Waals surface area contributed by atoms with Gasteiger partial charge in [-0.15, -0.1) is 0 Å². The summed E-state index contributed by atoms with van der Waals surface area (Å²) in [7, 11) is 3.23. The Kier molecular flexibility index (Phi) is 5.33. The van der Waals surface area contributed by atoms with Gasteiger partial charge in [0.1, 0.15) is 11.5 Å². The van der Waals surface area contributed by atoms with Gasteiger partial charge in [0.15, 0.2) is 0 Å². The van der Waals surface area contributed by atoms with Crippen molar-refractivity contribution >= 4 is 12.0 Å². The molecule has 1 fully saturated rings. The van der Waals surface area contributed by atoms with Gasteiger partial charge in [-0.25, -0.2) is 0 Å². The first-order chi connectivity index (χ1) is 12.2. The number of hydrogen-bond donors (Lipinski definition) is 0. The predicted octanol–water partition coefficient (Wildman–Crippen LogP) is 3.48. The number of aromatic nitrogens is 1. The highest BCUT2D eigenvalue weighted by atomic mass is 16.5. The lowest BCUT2D eigenvalue weighted by Crippen LogP contribution is -2.28. The molecule has 0 aliphatic carbocycles. The lowest BCUT2D eigenvalue weighted by molar-refractivity contribution is -0.126. The van der Waals surface area contributed by atoms with Gasteiger partial charge in [-0.3, -0.25) is 9.78 Å². The molecule has 1 saturated heterocycles. The van der Waals surface area contributed by atoms with Crippen molar-refractivity contribution in [2.45, 2.75) is 18.9 Å². The molecule has 0 radical (unpaired) electrons. The van der Waals surface area contributed by atoms with E-state index in [1.54, 1.807) is 32.6 Å². The van der Waals surface area contributed by atoms with E-state index in [0.717, 1.165) is 36.3 Å².